The topological polar surface area (TPSA) is 66.4 Å². The highest BCUT2D eigenvalue weighted by Gasteiger charge is 2.22. The van der Waals surface area contributed by atoms with Gasteiger partial charge in [0, 0.05) is 0 Å². The Morgan fingerprint density at radius 1 is 0.697 bits per heavy atom. The van der Waals surface area contributed by atoms with Crippen LogP contribution in [0.1, 0.15) is 69.8 Å². The first-order valence-electron chi connectivity index (χ1n) is 13.0. The van der Waals surface area contributed by atoms with Crippen molar-refractivity contribution in [3.05, 3.63) is 29.8 Å². The molecule has 1 fully saturated rings. The SMILES string of the molecule is CCCCCC1CCC(c2ccc(OCCOCCOCCOCCOCCO)cc2)CC1. The smallest absolute Gasteiger partial charge is 0.119 e. The second-order valence-corrected chi connectivity index (χ2v) is 8.80. The highest BCUT2D eigenvalue weighted by Crippen LogP contribution is 2.38. The maximum Gasteiger partial charge on any atom is 0.119 e. The summed E-state index contributed by atoms with van der Waals surface area (Å²) in [4.78, 5) is 0. The predicted molar refractivity (Wildman–Crippen MR) is 131 cm³/mol. The molecule has 0 atom stereocenters. The van der Waals surface area contributed by atoms with Crippen LogP contribution in [0.25, 0.3) is 0 Å². The van der Waals surface area contributed by atoms with Crippen LogP contribution in [0.5, 0.6) is 5.75 Å². The summed E-state index contributed by atoms with van der Waals surface area (Å²) in [6, 6.07) is 8.68. The zero-order valence-electron chi connectivity index (χ0n) is 20.7. The van der Waals surface area contributed by atoms with Gasteiger partial charge in [-0.3, -0.25) is 0 Å². The van der Waals surface area contributed by atoms with Crippen LogP contribution in [0.3, 0.4) is 0 Å². The molecule has 2 rings (SSSR count). The van der Waals surface area contributed by atoms with E-state index < -0.39 is 0 Å². The maximum atomic E-state index is 8.58. The van der Waals surface area contributed by atoms with E-state index in [1.807, 2.05) is 0 Å². The Morgan fingerprint density at radius 3 is 1.79 bits per heavy atom. The number of hydrogen-bond donors (Lipinski definition) is 1. The number of hydrogen-bond acceptors (Lipinski definition) is 6. The summed E-state index contributed by atoms with van der Waals surface area (Å²) in [5.41, 5.74) is 1.46. The number of benzene rings is 1. The van der Waals surface area contributed by atoms with E-state index in [2.05, 4.69) is 31.2 Å². The van der Waals surface area contributed by atoms with E-state index >= 15 is 0 Å². The van der Waals surface area contributed by atoms with Gasteiger partial charge < -0.3 is 28.8 Å². The fourth-order valence-electron chi connectivity index (χ4n) is 4.35. The second-order valence-electron chi connectivity index (χ2n) is 8.80. The van der Waals surface area contributed by atoms with Crippen molar-refractivity contribution in [2.45, 2.75) is 64.2 Å². The molecule has 0 unspecified atom stereocenters. The summed E-state index contributed by atoms with van der Waals surface area (Å²) in [7, 11) is 0. The minimum atomic E-state index is 0.0422. The van der Waals surface area contributed by atoms with E-state index in [9.17, 15) is 0 Å². The third-order valence-electron chi connectivity index (χ3n) is 6.26. The van der Waals surface area contributed by atoms with Gasteiger partial charge in [-0.15, -0.1) is 0 Å². The lowest BCUT2D eigenvalue weighted by molar-refractivity contribution is -0.00779. The first kappa shape index (κ1) is 28.1. The Kier molecular flexibility index (Phi) is 16.3. The Labute approximate surface area is 200 Å². The monoisotopic (exact) mass is 466 g/mol. The summed E-state index contributed by atoms with van der Waals surface area (Å²) in [5.74, 6) is 2.58. The van der Waals surface area contributed by atoms with Crippen LogP contribution in [0, 0.1) is 5.92 Å². The number of aliphatic hydroxyl groups excluding tert-OH is 1. The molecule has 1 saturated carbocycles. The molecule has 6 nitrogen and oxygen atoms in total. The van der Waals surface area contributed by atoms with Gasteiger partial charge in [0.1, 0.15) is 12.4 Å². The van der Waals surface area contributed by atoms with Crippen LogP contribution >= 0.6 is 0 Å². The standard InChI is InChI=1S/C27H46O6/c1-2-3-4-5-24-6-8-25(9-7-24)26-10-12-27(13-11-26)33-23-22-32-21-20-31-19-18-30-17-16-29-15-14-28/h10-13,24-25,28H,2-9,14-23H2,1H3. The van der Waals surface area contributed by atoms with Crippen molar-refractivity contribution in [1.82, 2.24) is 0 Å². The average Bonchev–Trinajstić information content (AvgIpc) is 2.85. The van der Waals surface area contributed by atoms with Gasteiger partial charge in [0.25, 0.3) is 0 Å². The molecule has 33 heavy (non-hydrogen) atoms. The van der Waals surface area contributed by atoms with Crippen LogP contribution in [0.15, 0.2) is 24.3 Å². The number of ether oxygens (including phenoxy) is 5. The largest absolute Gasteiger partial charge is 0.491 e. The van der Waals surface area contributed by atoms with E-state index in [4.69, 9.17) is 28.8 Å². The van der Waals surface area contributed by atoms with E-state index in [1.54, 1.807) is 0 Å². The first-order valence-corrected chi connectivity index (χ1v) is 13.0. The molecular formula is C27H46O6. The average molecular weight is 467 g/mol. The molecule has 190 valence electrons. The van der Waals surface area contributed by atoms with E-state index in [0.29, 0.717) is 59.5 Å². The lowest BCUT2D eigenvalue weighted by atomic mass is 9.77. The molecule has 0 amide bonds. The molecule has 1 aromatic carbocycles. The Bertz CT molecular complexity index is 556. The molecule has 0 radical (unpaired) electrons. The lowest BCUT2D eigenvalue weighted by Crippen LogP contribution is -2.14. The van der Waals surface area contributed by atoms with Crippen LogP contribution < -0.4 is 4.74 Å². The number of unbranched alkanes of at least 4 members (excludes halogenated alkanes) is 2. The Balaban J connectivity index is 1.43. The normalized spacial score (nSPS) is 18.5. The zero-order chi connectivity index (χ0) is 23.4. The molecule has 1 aliphatic carbocycles. The highest BCUT2D eigenvalue weighted by molar-refractivity contribution is 5.29. The molecule has 0 spiro atoms. The first-order chi connectivity index (χ1) is 16.3. The van der Waals surface area contributed by atoms with E-state index in [-0.39, 0.29) is 6.61 Å². The van der Waals surface area contributed by atoms with Crippen molar-refractivity contribution < 1.29 is 28.8 Å². The second kappa shape index (κ2) is 19.2. The van der Waals surface area contributed by atoms with Gasteiger partial charge in [-0.25, -0.2) is 0 Å². The van der Waals surface area contributed by atoms with Crippen molar-refractivity contribution in [2.75, 3.05) is 66.1 Å². The van der Waals surface area contributed by atoms with Crippen molar-refractivity contribution >= 4 is 0 Å². The molecule has 0 aromatic heterocycles. The van der Waals surface area contributed by atoms with E-state index in [0.717, 1.165) is 17.6 Å². The molecule has 1 N–H and O–H groups in total. The molecule has 0 saturated heterocycles. The molecule has 0 heterocycles. The number of aliphatic hydroxyl groups is 1. The molecule has 1 aliphatic rings. The summed E-state index contributed by atoms with van der Waals surface area (Å²) < 4.78 is 27.3. The summed E-state index contributed by atoms with van der Waals surface area (Å²) in [5, 5.41) is 8.58. The molecule has 6 heteroatoms. The van der Waals surface area contributed by atoms with Crippen molar-refractivity contribution in [3.63, 3.8) is 0 Å². The van der Waals surface area contributed by atoms with Crippen molar-refractivity contribution in [1.29, 1.82) is 0 Å². The van der Waals surface area contributed by atoms with Crippen molar-refractivity contribution in [3.8, 4) is 5.75 Å². The maximum absolute atomic E-state index is 8.58. The molecule has 1 aromatic rings. The third kappa shape index (κ3) is 13.3. The van der Waals surface area contributed by atoms with Crippen LogP contribution in [-0.2, 0) is 18.9 Å². The minimum absolute atomic E-state index is 0.0422. The summed E-state index contributed by atoms with van der Waals surface area (Å²) >= 11 is 0. The zero-order valence-corrected chi connectivity index (χ0v) is 20.7. The highest BCUT2D eigenvalue weighted by atomic mass is 16.6. The van der Waals surface area contributed by atoms with Gasteiger partial charge in [0.15, 0.2) is 0 Å². The quantitative estimate of drug-likeness (QED) is 0.274. The van der Waals surface area contributed by atoms with Gasteiger partial charge >= 0.3 is 0 Å². The minimum Gasteiger partial charge on any atom is -0.491 e. The van der Waals surface area contributed by atoms with Crippen LogP contribution in [0.4, 0.5) is 0 Å². The fourth-order valence-corrected chi connectivity index (χ4v) is 4.35. The van der Waals surface area contributed by atoms with Gasteiger partial charge in [-0.1, -0.05) is 44.7 Å². The third-order valence-corrected chi connectivity index (χ3v) is 6.26. The van der Waals surface area contributed by atoms with Crippen LogP contribution in [-0.4, -0.2) is 71.2 Å². The van der Waals surface area contributed by atoms with E-state index in [1.165, 1.54) is 56.9 Å². The van der Waals surface area contributed by atoms with Crippen molar-refractivity contribution in [2.24, 2.45) is 5.92 Å². The fraction of sp³-hybridized carbons (Fsp3) is 0.778. The lowest BCUT2D eigenvalue weighted by Gasteiger charge is -2.29. The Hall–Kier alpha value is -1.18. The van der Waals surface area contributed by atoms with Crippen LogP contribution in [0.2, 0.25) is 0 Å². The van der Waals surface area contributed by atoms with Gasteiger partial charge in [-0.05, 0) is 55.2 Å². The molecule has 0 aliphatic heterocycles. The van der Waals surface area contributed by atoms with Gasteiger partial charge in [0.05, 0.1) is 59.5 Å². The predicted octanol–water partition coefficient (Wildman–Crippen LogP) is 4.98. The Morgan fingerprint density at radius 2 is 1.24 bits per heavy atom. The van der Waals surface area contributed by atoms with Gasteiger partial charge in [-0.2, -0.15) is 0 Å². The summed E-state index contributed by atoms with van der Waals surface area (Å²) in [6.45, 7) is 6.93. The molecule has 0 bridgehead atoms. The van der Waals surface area contributed by atoms with Gasteiger partial charge in [0.2, 0.25) is 0 Å². The number of rotatable bonds is 20. The summed E-state index contributed by atoms with van der Waals surface area (Å²) in [6.07, 6.45) is 11.0. The molecular weight excluding hydrogens is 420 g/mol.